The standard InChI is InChI=1S/C41H72NO7P/c1-3-5-7-9-11-13-14-15-16-17-18-19-20-21-22-23-24-25-26-27-28-30-32-34-41(43)49-40(39-48-50(44,45)47-37-35-42)38-46-36-33-31-29-12-10-8-6-4-2/h5,7,11,13,15-16,18-19,21-22,24-25,40H,3-4,6,8-10,12,14,17,20,23,26-39,42H2,1-2H3,(H,44,45)/b7-5-,13-11-,16-15-,19-18-,22-21-,25-24-. The number of phosphoric acid groups is 1. The van der Waals surface area contributed by atoms with Crippen molar-refractivity contribution in [3.8, 4) is 0 Å². The molecular formula is C41H72NO7P. The van der Waals surface area contributed by atoms with E-state index in [9.17, 15) is 14.3 Å². The van der Waals surface area contributed by atoms with Crippen molar-refractivity contribution >= 4 is 13.8 Å². The molecule has 0 saturated heterocycles. The van der Waals surface area contributed by atoms with Crippen LogP contribution in [0.4, 0.5) is 0 Å². The quantitative estimate of drug-likeness (QED) is 0.0284. The van der Waals surface area contributed by atoms with Gasteiger partial charge in [0, 0.05) is 19.6 Å². The van der Waals surface area contributed by atoms with Crippen molar-refractivity contribution in [2.45, 2.75) is 148 Å². The number of ether oxygens (including phenoxy) is 2. The molecular weight excluding hydrogens is 649 g/mol. The molecule has 50 heavy (non-hydrogen) atoms. The van der Waals surface area contributed by atoms with E-state index in [0.29, 0.717) is 6.61 Å². The molecule has 0 aromatic heterocycles. The van der Waals surface area contributed by atoms with Crippen molar-refractivity contribution < 1.29 is 32.8 Å². The molecule has 0 rings (SSSR count). The SMILES string of the molecule is CC/C=C\C/C=C\C/C=C\C/C=C\C/C=C\C/C=C\CCCCCCC(=O)OC(COCCCCCCCCCC)COP(=O)(O)OCCN. The van der Waals surface area contributed by atoms with E-state index in [1.165, 1.54) is 38.5 Å². The van der Waals surface area contributed by atoms with E-state index in [0.717, 1.165) is 83.5 Å². The van der Waals surface area contributed by atoms with E-state index < -0.39 is 13.9 Å². The van der Waals surface area contributed by atoms with Gasteiger partial charge in [-0.15, -0.1) is 0 Å². The molecule has 8 nitrogen and oxygen atoms in total. The van der Waals surface area contributed by atoms with Gasteiger partial charge in [0.2, 0.25) is 0 Å². The summed E-state index contributed by atoms with van der Waals surface area (Å²) in [4.78, 5) is 22.3. The third kappa shape index (κ3) is 37.2. The second-order valence-corrected chi connectivity index (χ2v) is 13.9. The minimum absolute atomic E-state index is 0.0927. The fourth-order valence-electron chi connectivity index (χ4n) is 4.82. The normalized spacial score (nSPS) is 14.4. The summed E-state index contributed by atoms with van der Waals surface area (Å²) in [5.41, 5.74) is 5.34. The van der Waals surface area contributed by atoms with Crippen molar-refractivity contribution in [1.82, 2.24) is 0 Å². The molecule has 0 radical (unpaired) electrons. The molecule has 9 heteroatoms. The van der Waals surface area contributed by atoms with Crippen LogP contribution < -0.4 is 5.73 Å². The fourth-order valence-corrected chi connectivity index (χ4v) is 5.59. The number of rotatable bonds is 36. The van der Waals surface area contributed by atoms with Gasteiger partial charge in [0.15, 0.2) is 0 Å². The predicted octanol–water partition coefficient (Wildman–Crippen LogP) is 11.2. The Morgan fingerprint density at radius 2 is 1.12 bits per heavy atom. The number of allylic oxidation sites excluding steroid dienone is 12. The Labute approximate surface area is 305 Å². The summed E-state index contributed by atoms with van der Waals surface area (Å²) in [7, 11) is -4.28. The summed E-state index contributed by atoms with van der Waals surface area (Å²) < 4.78 is 33.2. The summed E-state index contributed by atoms with van der Waals surface area (Å²) in [6.45, 7) is 4.72. The van der Waals surface area contributed by atoms with Gasteiger partial charge in [-0.05, 0) is 64.2 Å². The summed E-state index contributed by atoms with van der Waals surface area (Å²) in [5.74, 6) is -0.359. The van der Waals surface area contributed by atoms with Crippen LogP contribution in [0.3, 0.4) is 0 Å². The Morgan fingerprint density at radius 1 is 0.620 bits per heavy atom. The van der Waals surface area contributed by atoms with E-state index in [-0.39, 0.29) is 38.8 Å². The second-order valence-electron chi connectivity index (χ2n) is 12.4. The predicted molar refractivity (Wildman–Crippen MR) is 210 cm³/mol. The van der Waals surface area contributed by atoms with Gasteiger partial charge in [0.05, 0.1) is 19.8 Å². The van der Waals surface area contributed by atoms with Crippen LogP contribution in [0.15, 0.2) is 72.9 Å². The number of phosphoric ester groups is 1. The molecule has 0 amide bonds. The number of hydrogen-bond donors (Lipinski definition) is 2. The van der Waals surface area contributed by atoms with E-state index >= 15 is 0 Å². The van der Waals surface area contributed by atoms with Gasteiger partial charge in [-0.1, -0.05) is 145 Å². The first-order valence-electron chi connectivity index (χ1n) is 19.4. The van der Waals surface area contributed by atoms with E-state index in [2.05, 4.69) is 86.8 Å². The number of carbonyl (C=O) groups is 1. The highest BCUT2D eigenvalue weighted by Gasteiger charge is 2.25. The molecule has 0 spiro atoms. The maximum absolute atomic E-state index is 12.5. The van der Waals surface area contributed by atoms with Crippen LogP contribution in [0.5, 0.6) is 0 Å². The average Bonchev–Trinajstić information content (AvgIpc) is 3.10. The zero-order valence-electron chi connectivity index (χ0n) is 31.6. The van der Waals surface area contributed by atoms with Gasteiger partial charge in [-0.2, -0.15) is 0 Å². The van der Waals surface area contributed by atoms with Crippen LogP contribution in [0.1, 0.15) is 142 Å². The number of nitrogens with two attached hydrogens (primary N) is 1. The summed E-state index contributed by atoms with van der Waals surface area (Å²) in [5, 5.41) is 0. The van der Waals surface area contributed by atoms with Gasteiger partial charge in [0.25, 0.3) is 0 Å². The van der Waals surface area contributed by atoms with Crippen molar-refractivity contribution in [2.75, 3.05) is 33.0 Å². The lowest BCUT2D eigenvalue weighted by Crippen LogP contribution is -2.28. The van der Waals surface area contributed by atoms with E-state index in [1.54, 1.807) is 0 Å². The Bertz CT molecular complexity index is 989. The smallest absolute Gasteiger partial charge is 0.457 e. The molecule has 0 fully saturated rings. The lowest BCUT2D eigenvalue weighted by molar-refractivity contribution is -0.154. The Morgan fingerprint density at radius 3 is 1.68 bits per heavy atom. The zero-order valence-corrected chi connectivity index (χ0v) is 32.5. The molecule has 2 unspecified atom stereocenters. The summed E-state index contributed by atoms with van der Waals surface area (Å²) >= 11 is 0. The first-order valence-corrected chi connectivity index (χ1v) is 20.9. The lowest BCUT2D eigenvalue weighted by atomic mass is 10.1. The van der Waals surface area contributed by atoms with Crippen LogP contribution >= 0.6 is 7.82 Å². The molecule has 0 aromatic carbocycles. The largest absolute Gasteiger partial charge is 0.472 e. The highest BCUT2D eigenvalue weighted by Crippen LogP contribution is 2.43. The lowest BCUT2D eigenvalue weighted by Gasteiger charge is -2.20. The molecule has 0 aliphatic rings. The van der Waals surface area contributed by atoms with Crippen LogP contribution in [-0.2, 0) is 27.9 Å². The monoisotopic (exact) mass is 722 g/mol. The van der Waals surface area contributed by atoms with Gasteiger partial charge in [0.1, 0.15) is 6.10 Å². The van der Waals surface area contributed by atoms with Crippen LogP contribution in [-0.4, -0.2) is 49.9 Å². The molecule has 0 heterocycles. The Hall–Kier alpha value is -2.06. The summed E-state index contributed by atoms with van der Waals surface area (Å²) in [6.07, 6.45) is 46.4. The van der Waals surface area contributed by atoms with Crippen molar-refractivity contribution in [3.05, 3.63) is 72.9 Å². The topological polar surface area (TPSA) is 117 Å². The van der Waals surface area contributed by atoms with E-state index in [1.807, 2.05) is 0 Å². The van der Waals surface area contributed by atoms with Crippen LogP contribution in [0.2, 0.25) is 0 Å². The first-order chi connectivity index (χ1) is 24.4. The first kappa shape index (κ1) is 47.9. The third-order valence-electron chi connectivity index (χ3n) is 7.64. The number of hydrogen-bond acceptors (Lipinski definition) is 7. The molecule has 2 atom stereocenters. The Kier molecular flexibility index (Phi) is 36.6. The van der Waals surface area contributed by atoms with Crippen LogP contribution in [0, 0.1) is 0 Å². The Balaban J connectivity index is 4.09. The fraction of sp³-hybridized carbons (Fsp3) is 0.683. The van der Waals surface area contributed by atoms with Gasteiger partial charge < -0.3 is 20.1 Å². The molecule has 0 bridgehead atoms. The van der Waals surface area contributed by atoms with Gasteiger partial charge in [-0.3, -0.25) is 13.8 Å². The highest BCUT2D eigenvalue weighted by molar-refractivity contribution is 7.47. The minimum Gasteiger partial charge on any atom is -0.457 e. The van der Waals surface area contributed by atoms with Gasteiger partial charge >= 0.3 is 13.8 Å². The average molecular weight is 722 g/mol. The zero-order chi connectivity index (χ0) is 36.6. The maximum Gasteiger partial charge on any atom is 0.472 e. The maximum atomic E-state index is 12.5. The second kappa shape index (κ2) is 38.2. The third-order valence-corrected chi connectivity index (χ3v) is 8.62. The number of unbranched alkanes of at least 4 members (excludes halogenated alkanes) is 11. The highest BCUT2D eigenvalue weighted by atomic mass is 31.2. The number of carbonyl (C=O) groups excluding carboxylic acids is 1. The molecule has 0 aromatic rings. The van der Waals surface area contributed by atoms with Crippen molar-refractivity contribution in [1.29, 1.82) is 0 Å². The van der Waals surface area contributed by atoms with Crippen molar-refractivity contribution in [3.63, 3.8) is 0 Å². The van der Waals surface area contributed by atoms with Crippen molar-refractivity contribution in [2.24, 2.45) is 5.73 Å². The summed E-state index contributed by atoms with van der Waals surface area (Å²) in [6, 6.07) is 0. The molecule has 288 valence electrons. The molecule has 0 saturated carbocycles. The molecule has 0 aliphatic heterocycles. The number of esters is 1. The van der Waals surface area contributed by atoms with Crippen LogP contribution in [0.25, 0.3) is 0 Å². The van der Waals surface area contributed by atoms with Gasteiger partial charge in [-0.25, -0.2) is 4.57 Å². The molecule has 0 aliphatic carbocycles. The molecule has 3 N–H and O–H groups in total. The minimum atomic E-state index is -4.28. The van der Waals surface area contributed by atoms with E-state index in [4.69, 9.17) is 24.3 Å².